The molecule has 0 unspecified atom stereocenters. The first-order valence-electron chi connectivity index (χ1n) is 9.56. The van der Waals surface area contributed by atoms with Crippen molar-refractivity contribution < 1.29 is 4.79 Å². The topological polar surface area (TPSA) is 61.4 Å². The minimum absolute atomic E-state index is 0.101. The maximum Gasteiger partial charge on any atom is 0.321 e. The van der Waals surface area contributed by atoms with Crippen LogP contribution in [0, 0.1) is 6.92 Å². The molecule has 3 aromatic rings. The fraction of sp³-hybridized carbons (Fsp3) is 0.227. The van der Waals surface area contributed by atoms with Gasteiger partial charge in [0.2, 0.25) is 0 Å². The number of piperazine rings is 1. The number of urea groups is 1. The van der Waals surface area contributed by atoms with Crippen molar-refractivity contribution in [3.8, 4) is 11.3 Å². The summed E-state index contributed by atoms with van der Waals surface area (Å²) in [5, 5.41) is 3.56. The van der Waals surface area contributed by atoms with E-state index in [-0.39, 0.29) is 6.03 Å². The van der Waals surface area contributed by atoms with E-state index >= 15 is 0 Å². The number of hydrogen-bond acceptors (Lipinski definition) is 4. The fourth-order valence-electron chi connectivity index (χ4n) is 3.35. The SMILES string of the molecule is Cc1nc(-c2ccccc2)cc(N2CCN(C(=O)Nc3ccc(Cl)cc3)CC2)n1. The van der Waals surface area contributed by atoms with Gasteiger partial charge in [0.1, 0.15) is 11.6 Å². The fourth-order valence-corrected chi connectivity index (χ4v) is 3.47. The van der Waals surface area contributed by atoms with Gasteiger partial charge < -0.3 is 15.1 Å². The largest absolute Gasteiger partial charge is 0.353 e. The van der Waals surface area contributed by atoms with Crippen LogP contribution in [0.1, 0.15) is 5.82 Å². The van der Waals surface area contributed by atoms with E-state index in [0.717, 1.165) is 41.7 Å². The van der Waals surface area contributed by atoms with Gasteiger partial charge in [0, 0.05) is 48.5 Å². The minimum Gasteiger partial charge on any atom is -0.353 e. The highest BCUT2D eigenvalue weighted by Gasteiger charge is 2.22. The Hall–Kier alpha value is -3.12. The van der Waals surface area contributed by atoms with Crippen LogP contribution in [0.25, 0.3) is 11.3 Å². The van der Waals surface area contributed by atoms with Crippen molar-refractivity contribution >= 4 is 29.1 Å². The molecule has 4 rings (SSSR count). The van der Waals surface area contributed by atoms with Crippen LogP contribution in [-0.4, -0.2) is 47.1 Å². The Kier molecular flexibility index (Phi) is 5.62. The van der Waals surface area contributed by atoms with Gasteiger partial charge in [-0.1, -0.05) is 41.9 Å². The molecule has 2 aromatic carbocycles. The predicted molar refractivity (Wildman–Crippen MR) is 116 cm³/mol. The molecule has 29 heavy (non-hydrogen) atoms. The Morgan fingerprint density at radius 2 is 1.66 bits per heavy atom. The highest BCUT2D eigenvalue weighted by Crippen LogP contribution is 2.23. The van der Waals surface area contributed by atoms with Gasteiger partial charge in [-0.3, -0.25) is 0 Å². The van der Waals surface area contributed by atoms with Gasteiger partial charge in [-0.2, -0.15) is 0 Å². The molecule has 148 valence electrons. The van der Waals surface area contributed by atoms with Gasteiger partial charge in [0.25, 0.3) is 0 Å². The molecule has 1 fully saturated rings. The first-order chi connectivity index (χ1) is 14.1. The summed E-state index contributed by atoms with van der Waals surface area (Å²) in [7, 11) is 0. The summed E-state index contributed by atoms with van der Waals surface area (Å²) < 4.78 is 0. The number of carbonyl (C=O) groups excluding carboxylic acids is 1. The van der Waals surface area contributed by atoms with E-state index in [4.69, 9.17) is 11.6 Å². The minimum atomic E-state index is -0.101. The van der Waals surface area contributed by atoms with E-state index in [2.05, 4.69) is 20.2 Å². The summed E-state index contributed by atoms with van der Waals surface area (Å²) in [6.45, 7) is 4.61. The zero-order chi connectivity index (χ0) is 20.2. The number of halogens is 1. The van der Waals surface area contributed by atoms with Crippen LogP contribution in [0.3, 0.4) is 0 Å². The maximum absolute atomic E-state index is 12.5. The smallest absolute Gasteiger partial charge is 0.321 e. The number of aromatic nitrogens is 2. The molecule has 6 nitrogen and oxygen atoms in total. The molecule has 0 bridgehead atoms. The molecule has 0 atom stereocenters. The summed E-state index contributed by atoms with van der Waals surface area (Å²) in [5.41, 5.74) is 2.72. The van der Waals surface area contributed by atoms with Crippen molar-refractivity contribution in [3.05, 3.63) is 71.5 Å². The second kappa shape index (κ2) is 8.49. The van der Waals surface area contributed by atoms with Gasteiger partial charge in [0.15, 0.2) is 0 Å². The second-order valence-corrected chi connectivity index (χ2v) is 7.37. The number of anilines is 2. The number of hydrogen-bond donors (Lipinski definition) is 1. The normalized spacial score (nSPS) is 14.0. The molecule has 1 aliphatic heterocycles. The third-order valence-corrected chi connectivity index (χ3v) is 5.13. The first-order valence-corrected chi connectivity index (χ1v) is 9.94. The lowest BCUT2D eigenvalue weighted by Gasteiger charge is -2.35. The Balaban J connectivity index is 1.41. The van der Waals surface area contributed by atoms with Crippen molar-refractivity contribution in [1.29, 1.82) is 0 Å². The van der Waals surface area contributed by atoms with Crippen LogP contribution in [0.2, 0.25) is 5.02 Å². The van der Waals surface area contributed by atoms with Gasteiger partial charge >= 0.3 is 6.03 Å². The molecule has 7 heteroatoms. The van der Waals surface area contributed by atoms with Crippen LogP contribution in [0.4, 0.5) is 16.3 Å². The van der Waals surface area contributed by atoms with E-state index in [0.29, 0.717) is 18.1 Å². The average molecular weight is 408 g/mol. The molecule has 2 amide bonds. The number of rotatable bonds is 3. The number of benzene rings is 2. The van der Waals surface area contributed by atoms with Crippen LogP contribution >= 0.6 is 11.6 Å². The van der Waals surface area contributed by atoms with Crippen molar-refractivity contribution in [2.24, 2.45) is 0 Å². The van der Waals surface area contributed by atoms with Crippen LogP contribution in [0.5, 0.6) is 0 Å². The van der Waals surface area contributed by atoms with Crippen molar-refractivity contribution in [2.45, 2.75) is 6.92 Å². The van der Waals surface area contributed by atoms with Gasteiger partial charge in [-0.25, -0.2) is 14.8 Å². The standard InChI is InChI=1S/C22H22ClN5O/c1-16-24-20(17-5-3-2-4-6-17)15-21(25-16)27-11-13-28(14-12-27)22(29)26-19-9-7-18(23)8-10-19/h2-10,15H,11-14H2,1H3,(H,26,29). The molecule has 1 saturated heterocycles. The molecule has 0 saturated carbocycles. The number of nitrogens with one attached hydrogen (secondary N) is 1. The zero-order valence-electron chi connectivity index (χ0n) is 16.2. The molecule has 0 aliphatic carbocycles. The van der Waals surface area contributed by atoms with Gasteiger partial charge in [-0.15, -0.1) is 0 Å². The Labute approximate surface area is 175 Å². The van der Waals surface area contributed by atoms with Crippen LogP contribution in [0.15, 0.2) is 60.7 Å². The number of nitrogens with zero attached hydrogens (tertiary/aromatic N) is 4. The third kappa shape index (κ3) is 4.66. The second-order valence-electron chi connectivity index (χ2n) is 6.94. The molecule has 1 aliphatic rings. The molecule has 0 spiro atoms. The van der Waals surface area contributed by atoms with E-state index in [1.807, 2.05) is 48.2 Å². The monoisotopic (exact) mass is 407 g/mol. The van der Waals surface area contributed by atoms with Crippen molar-refractivity contribution in [3.63, 3.8) is 0 Å². The van der Waals surface area contributed by atoms with E-state index in [9.17, 15) is 4.79 Å². The molecule has 2 heterocycles. The number of amides is 2. The summed E-state index contributed by atoms with van der Waals surface area (Å²) in [6, 6.07) is 19.1. The number of aryl methyl sites for hydroxylation is 1. The summed E-state index contributed by atoms with van der Waals surface area (Å²) >= 11 is 5.89. The average Bonchev–Trinajstić information content (AvgIpc) is 2.75. The molecule has 0 radical (unpaired) electrons. The quantitative estimate of drug-likeness (QED) is 0.696. The van der Waals surface area contributed by atoms with E-state index in [1.54, 1.807) is 24.3 Å². The highest BCUT2D eigenvalue weighted by atomic mass is 35.5. The summed E-state index contributed by atoms with van der Waals surface area (Å²) in [6.07, 6.45) is 0. The zero-order valence-corrected chi connectivity index (χ0v) is 16.9. The Bertz CT molecular complexity index is 986. The van der Waals surface area contributed by atoms with Gasteiger partial charge in [0.05, 0.1) is 5.69 Å². The Morgan fingerprint density at radius 1 is 0.966 bits per heavy atom. The van der Waals surface area contributed by atoms with Crippen LogP contribution < -0.4 is 10.2 Å². The summed E-state index contributed by atoms with van der Waals surface area (Å²) in [5.74, 6) is 1.64. The van der Waals surface area contributed by atoms with Crippen molar-refractivity contribution in [1.82, 2.24) is 14.9 Å². The summed E-state index contributed by atoms with van der Waals surface area (Å²) in [4.78, 5) is 25.7. The predicted octanol–water partition coefficient (Wildman–Crippen LogP) is 4.46. The Morgan fingerprint density at radius 3 is 2.34 bits per heavy atom. The van der Waals surface area contributed by atoms with Gasteiger partial charge in [-0.05, 0) is 31.2 Å². The van der Waals surface area contributed by atoms with E-state index in [1.165, 1.54) is 0 Å². The highest BCUT2D eigenvalue weighted by molar-refractivity contribution is 6.30. The van der Waals surface area contributed by atoms with Crippen LogP contribution in [-0.2, 0) is 0 Å². The molecular formula is C22H22ClN5O. The molecule has 1 N–H and O–H groups in total. The molecular weight excluding hydrogens is 386 g/mol. The number of carbonyl (C=O) groups is 1. The lowest BCUT2D eigenvalue weighted by atomic mass is 10.1. The lowest BCUT2D eigenvalue weighted by Crippen LogP contribution is -2.50. The first kappa shape index (κ1) is 19.2. The molecule has 1 aromatic heterocycles. The van der Waals surface area contributed by atoms with Crippen molar-refractivity contribution in [2.75, 3.05) is 36.4 Å². The lowest BCUT2D eigenvalue weighted by molar-refractivity contribution is 0.208. The van der Waals surface area contributed by atoms with E-state index < -0.39 is 0 Å². The third-order valence-electron chi connectivity index (χ3n) is 4.88. The maximum atomic E-state index is 12.5.